The van der Waals surface area contributed by atoms with Gasteiger partial charge in [0.1, 0.15) is 6.61 Å². The van der Waals surface area contributed by atoms with Crippen LogP contribution < -0.4 is 0 Å². The predicted molar refractivity (Wildman–Crippen MR) is 77.7 cm³/mol. The number of piperidine rings is 1. The van der Waals surface area contributed by atoms with E-state index in [0.29, 0.717) is 13.1 Å². The molecule has 1 aromatic rings. The summed E-state index contributed by atoms with van der Waals surface area (Å²) in [6.45, 7) is 1.42. The van der Waals surface area contributed by atoms with Crippen molar-refractivity contribution in [3.8, 4) is 0 Å². The molecule has 0 aliphatic carbocycles. The van der Waals surface area contributed by atoms with Gasteiger partial charge in [-0.3, -0.25) is 0 Å². The van der Waals surface area contributed by atoms with Crippen LogP contribution in [0, 0.1) is 5.92 Å². The van der Waals surface area contributed by atoms with Crippen molar-refractivity contribution in [3.63, 3.8) is 0 Å². The third kappa shape index (κ3) is 4.95. The van der Waals surface area contributed by atoms with E-state index in [9.17, 15) is 9.59 Å². The Morgan fingerprint density at radius 3 is 2.81 bits per heavy atom. The van der Waals surface area contributed by atoms with Gasteiger partial charge in [-0.1, -0.05) is 36.4 Å². The molecule has 0 saturated carbocycles. The Hall–Kier alpha value is -2.30. The number of carboxylic acid groups (broad SMARTS) is 1. The fourth-order valence-electron chi connectivity index (χ4n) is 2.36. The van der Waals surface area contributed by atoms with Crippen molar-refractivity contribution in [3.05, 3.63) is 48.0 Å². The van der Waals surface area contributed by atoms with Gasteiger partial charge in [-0.05, 0) is 24.3 Å². The Balaban J connectivity index is 1.83. The van der Waals surface area contributed by atoms with E-state index in [2.05, 4.69) is 0 Å². The third-order valence-corrected chi connectivity index (χ3v) is 3.43. The van der Waals surface area contributed by atoms with Crippen LogP contribution in [0.15, 0.2) is 42.5 Å². The van der Waals surface area contributed by atoms with Gasteiger partial charge < -0.3 is 14.7 Å². The first-order valence-electron chi connectivity index (χ1n) is 7.02. The zero-order valence-electron chi connectivity index (χ0n) is 11.8. The monoisotopic (exact) mass is 289 g/mol. The summed E-state index contributed by atoms with van der Waals surface area (Å²) in [4.78, 5) is 24.2. The SMILES string of the molecule is O=C(O)/C=C/C1CCCN(C(=O)OCc2ccccc2)C1. The average Bonchev–Trinajstić information content (AvgIpc) is 2.52. The largest absolute Gasteiger partial charge is 0.478 e. The number of hydrogen-bond acceptors (Lipinski definition) is 3. The molecule has 21 heavy (non-hydrogen) atoms. The topological polar surface area (TPSA) is 66.8 Å². The minimum atomic E-state index is -0.959. The molecule has 1 aliphatic rings. The molecular weight excluding hydrogens is 270 g/mol. The lowest BCUT2D eigenvalue weighted by Gasteiger charge is -2.30. The summed E-state index contributed by atoms with van der Waals surface area (Å²) in [6.07, 6.45) is 4.20. The number of benzene rings is 1. The Morgan fingerprint density at radius 2 is 2.10 bits per heavy atom. The Kier molecular flexibility index (Phi) is 5.37. The number of rotatable bonds is 4. The van der Waals surface area contributed by atoms with Crippen LogP contribution >= 0.6 is 0 Å². The minimum Gasteiger partial charge on any atom is -0.478 e. The first-order chi connectivity index (χ1) is 10.1. The maximum atomic E-state index is 12.0. The number of hydrogen-bond donors (Lipinski definition) is 1. The molecule has 1 unspecified atom stereocenters. The summed E-state index contributed by atoms with van der Waals surface area (Å²) in [5.74, 6) is -0.877. The predicted octanol–water partition coefficient (Wildman–Crippen LogP) is 2.68. The van der Waals surface area contributed by atoms with E-state index >= 15 is 0 Å². The number of carboxylic acids is 1. The highest BCUT2D eigenvalue weighted by molar-refractivity contribution is 5.79. The van der Waals surface area contributed by atoms with E-state index < -0.39 is 5.97 Å². The molecule has 0 aromatic heterocycles. The minimum absolute atomic E-state index is 0.0825. The molecule has 1 saturated heterocycles. The van der Waals surface area contributed by atoms with Crippen molar-refractivity contribution in [1.82, 2.24) is 4.90 Å². The van der Waals surface area contributed by atoms with Crippen molar-refractivity contribution in [1.29, 1.82) is 0 Å². The second kappa shape index (κ2) is 7.47. The van der Waals surface area contributed by atoms with Gasteiger partial charge in [0.15, 0.2) is 0 Å². The van der Waals surface area contributed by atoms with Crippen LogP contribution in [-0.4, -0.2) is 35.2 Å². The van der Waals surface area contributed by atoms with Crippen LogP contribution in [0.5, 0.6) is 0 Å². The fraction of sp³-hybridized carbons (Fsp3) is 0.375. The van der Waals surface area contributed by atoms with E-state index in [1.54, 1.807) is 11.0 Å². The molecule has 1 atom stereocenters. The molecule has 1 aliphatic heterocycles. The van der Waals surface area contributed by atoms with Crippen LogP contribution in [0.2, 0.25) is 0 Å². The number of carbonyl (C=O) groups excluding carboxylic acids is 1. The number of amides is 1. The molecule has 1 N–H and O–H groups in total. The van der Waals surface area contributed by atoms with Crippen LogP contribution in [0.3, 0.4) is 0 Å². The second-order valence-electron chi connectivity index (χ2n) is 5.09. The quantitative estimate of drug-likeness (QED) is 0.865. The molecule has 0 radical (unpaired) electrons. The van der Waals surface area contributed by atoms with Gasteiger partial charge in [0.05, 0.1) is 0 Å². The Labute approximate surface area is 123 Å². The third-order valence-electron chi connectivity index (χ3n) is 3.43. The molecule has 1 heterocycles. The number of ether oxygens (including phenoxy) is 1. The highest BCUT2D eigenvalue weighted by Crippen LogP contribution is 2.18. The summed E-state index contributed by atoms with van der Waals surface area (Å²) in [7, 11) is 0. The van der Waals surface area contributed by atoms with E-state index in [-0.39, 0.29) is 18.6 Å². The first-order valence-corrected chi connectivity index (χ1v) is 7.02. The van der Waals surface area contributed by atoms with E-state index in [4.69, 9.17) is 9.84 Å². The molecule has 112 valence electrons. The molecule has 0 bridgehead atoms. The van der Waals surface area contributed by atoms with Crippen LogP contribution in [0.25, 0.3) is 0 Å². The molecule has 5 nitrogen and oxygen atoms in total. The summed E-state index contributed by atoms with van der Waals surface area (Å²) in [5, 5.41) is 8.64. The van der Waals surface area contributed by atoms with Crippen molar-refractivity contribution in [2.75, 3.05) is 13.1 Å². The van der Waals surface area contributed by atoms with Crippen molar-refractivity contribution in [2.45, 2.75) is 19.4 Å². The highest BCUT2D eigenvalue weighted by atomic mass is 16.6. The van der Waals surface area contributed by atoms with Gasteiger partial charge in [-0.2, -0.15) is 0 Å². The standard InChI is InChI=1S/C16H19NO4/c18-15(19)9-8-13-7-4-10-17(11-13)16(20)21-12-14-5-2-1-3-6-14/h1-3,5-6,8-9,13H,4,7,10-12H2,(H,18,19)/b9-8+. The van der Waals surface area contributed by atoms with Gasteiger partial charge in [0.25, 0.3) is 0 Å². The lowest BCUT2D eigenvalue weighted by atomic mass is 9.98. The van der Waals surface area contributed by atoms with Gasteiger partial charge in [0.2, 0.25) is 0 Å². The fourth-order valence-corrected chi connectivity index (χ4v) is 2.36. The van der Waals surface area contributed by atoms with E-state index in [1.165, 1.54) is 0 Å². The summed E-state index contributed by atoms with van der Waals surface area (Å²) in [5.41, 5.74) is 0.949. The first kappa shape index (κ1) is 15.1. The summed E-state index contributed by atoms with van der Waals surface area (Å²) in [6, 6.07) is 9.52. The lowest BCUT2D eigenvalue weighted by molar-refractivity contribution is -0.131. The smallest absolute Gasteiger partial charge is 0.410 e. The molecule has 1 aromatic carbocycles. The lowest BCUT2D eigenvalue weighted by Crippen LogP contribution is -2.39. The van der Waals surface area contributed by atoms with Gasteiger partial charge >= 0.3 is 12.1 Å². The second-order valence-corrected chi connectivity index (χ2v) is 5.09. The van der Waals surface area contributed by atoms with Gasteiger partial charge in [-0.25, -0.2) is 9.59 Å². The normalized spacial score (nSPS) is 18.7. The van der Waals surface area contributed by atoms with Crippen molar-refractivity contribution < 1.29 is 19.4 Å². The molecule has 1 fully saturated rings. The van der Waals surface area contributed by atoms with Crippen LogP contribution in [-0.2, 0) is 16.1 Å². The number of aliphatic carboxylic acids is 1. The van der Waals surface area contributed by atoms with Crippen LogP contribution in [0.1, 0.15) is 18.4 Å². The maximum absolute atomic E-state index is 12.0. The zero-order chi connectivity index (χ0) is 15.1. The Bertz CT molecular complexity index is 512. The van der Waals surface area contributed by atoms with Gasteiger partial charge in [0, 0.05) is 19.2 Å². The highest BCUT2D eigenvalue weighted by Gasteiger charge is 2.23. The number of carbonyl (C=O) groups is 2. The molecule has 0 spiro atoms. The van der Waals surface area contributed by atoms with Crippen molar-refractivity contribution in [2.24, 2.45) is 5.92 Å². The molecular formula is C16H19NO4. The summed E-state index contributed by atoms with van der Waals surface area (Å²) >= 11 is 0. The Morgan fingerprint density at radius 1 is 1.33 bits per heavy atom. The maximum Gasteiger partial charge on any atom is 0.410 e. The van der Waals surface area contributed by atoms with E-state index in [0.717, 1.165) is 24.5 Å². The van der Waals surface area contributed by atoms with Gasteiger partial charge in [-0.15, -0.1) is 0 Å². The zero-order valence-corrected chi connectivity index (χ0v) is 11.8. The summed E-state index contributed by atoms with van der Waals surface area (Å²) < 4.78 is 5.29. The van der Waals surface area contributed by atoms with E-state index in [1.807, 2.05) is 30.3 Å². The molecule has 5 heteroatoms. The van der Waals surface area contributed by atoms with Crippen molar-refractivity contribution >= 4 is 12.1 Å². The van der Waals surface area contributed by atoms with Crippen LogP contribution in [0.4, 0.5) is 4.79 Å². The molecule has 1 amide bonds. The molecule has 2 rings (SSSR count). The number of nitrogens with zero attached hydrogens (tertiary/aromatic N) is 1. The number of likely N-dealkylation sites (tertiary alicyclic amines) is 1. The average molecular weight is 289 g/mol.